The van der Waals surface area contributed by atoms with E-state index in [0.29, 0.717) is 36.8 Å². The molecule has 0 bridgehead atoms. The number of likely N-dealkylation sites (tertiary alicyclic amines) is 1. The minimum absolute atomic E-state index is 0.212. The number of hydrogen-bond donors (Lipinski definition) is 1. The minimum Gasteiger partial charge on any atom is -0.353 e. The number of piperidine rings is 1. The van der Waals surface area contributed by atoms with E-state index in [1.54, 1.807) is 0 Å². The fourth-order valence-corrected chi connectivity index (χ4v) is 8.82. The zero-order chi connectivity index (χ0) is 23.4. The van der Waals surface area contributed by atoms with E-state index in [1.807, 2.05) is 13.1 Å². The molecule has 1 saturated heterocycles. The molecule has 2 amide bonds. The normalized spacial score (nSPS) is 41.0. The van der Waals surface area contributed by atoms with Gasteiger partial charge in [-0.3, -0.25) is 9.59 Å². The second-order valence-corrected chi connectivity index (χ2v) is 12.2. The van der Waals surface area contributed by atoms with E-state index in [1.165, 1.54) is 31.2 Å². The molecule has 2 unspecified atom stereocenters. The van der Waals surface area contributed by atoms with E-state index in [-0.39, 0.29) is 22.7 Å². The van der Waals surface area contributed by atoms with E-state index in [2.05, 4.69) is 55.3 Å². The van der Waals surface area contributed by atoms with Gasteiger partial charge in [-0.2, -0.15) is 0 Å². The summed E-state index contributed by atoms with van der Waals surface area (Å²) in [5, 5.41) is 3.50. The van der Waals surface area contributed by atoms with Crippen molar-refractivity contribution in [1.82, 2.24) is 10.2 Å². The van der Waals surface area contributed by atoms with Crippen LogP contribution < -0.4 is 5.32 Å². The molecule has 3 saturated carbocycles. The Hall–Kier alpha value is -1.84. The van der Waals surface area contributed by atoms with Gasteiger partial charge in [0.25, 0.3) is 0 Å². The fraction of sp³-hybridized carbons (Fsp3) is 0.724. The molecule has 1 N–H and O–H groups in total. The first-order chi connectivity index (χ1) is 15.7. The van der Waals surface area contributed by atoms with Gasteiger partial charge in [0.2, 0.25) is 11.8 Å². The molecular formula is C29H42N2O2. The highest BCUT2D eigenvalue weighted by atomic mass is 16.2. The van der Waals surface area contributed by atoms with Gasteiger partial charge in [0.05, 0.1) is 0 Å². The van der Waals surface area contributed by atoms with Crippen LogP contribution in [0.1, 0.15) is 90.0 Å². The van der Waals surface area contributed by atoms with E-state index in [4.69, 9.17) is 0 Å². The summed E-state index contributed by atoms with van der Waals surface area (Å²) >= 11 is 0. The highest BCUT2D eigenvalue weighted by molar-refractivity contribution is 5.78. The van der Waals surface area contributed by atoms with Gasteiger partial charge in [-0.15, -0.1) is 0 Å². The quantitative estimate of drug-likeness (QED) is 0.656. The molecule has 5 rings (SSSR count). The van der Waals surface area contributed by atoms with E-state index in [9.17, 15) is 9.59 Å². The van der Waals surface area contributed by atoms with Crippen molar-refractivity contribution < 1.29 is 9.59 Å². The number of amides is 2. The predicted octanol–water partition coefficient (Wildman–Crippen LogP) is 5.53. The van der Waals surface area contributed by atoms with Crippen molar-refractivity contribution in [2.24, 2.45) is 28.6 Å². The summed E-state index contributed by atoms with van der Waals surface area (Å²) < 4.78 is 0. The Kier molecular flexibility index (Phi) is 5.86. The molecule has 0 radical (unpaired) electrons. The van der Waals surface area contributed by atoms with Gasteiger partial charge in [0, 0.05) is 32.0 Å². The molecule has 4 fully saturated rings. The molecule has 4 aliphatic rings. The Morgan fingerprint density at radius 1 is 1.03 bits per heavy atom. The minimum atomic E-state index is 0.212. The first-order valence-electron chi connectivity index (χ1n) is 13.3. The summed E-state index contributed by atoms with van der Waals surface area (Å²) in [5.74, 6) is 2.96. The smallest absolute Gasteiger partial charge is 0.222 e. The van der Waals surface area contributed by atoms with Crippen LogP contribution in [0.15, 0.2) is 30.3 Å². The summed E-state index contributed by atoms with van der Waals surface area (Å²) in [4.78, 5) is 27.5. The lowest BCUT2D eigenvalue weighted by molar-refractivity contribution is -0.157. The number of carbonyl (C=O) groups excluding carboxylic acids is 2. The zero-order valence-corrected chi connectivity index (χ0v) is 21.0. The maximum atomic E-state index is 13.0. The molecule has 0 aromatic heterocycles. The van der Waals surface area contributed by atoms with Crippen LogP contribution in [0.2, 0.25) is 0 Å². The van der Waals surface area contributed by atoms with Crippen LogP contribution in [0.4, 0.5) is 0 Å². The van der Waals surface area contributed by atoms with Gasteiger partial charge in [-0.25, -0.2) is 0 Å². The maximum Gasteiger partial charge on any atom is 0.222 e. The largest absolute Gasteiger partial charge is 0.353 e. The Bertz CT molecular complexity index is 900. The third-order valence-corrected chi connectivity index (χ3v) is 10.8. The van der Waals surface area contributed by atoms with Crippen LogP contribution in [-0.4, -0.2) is 35.8 Å². The molecule has 1 heterocycles. The third-order valence-electron chi connectivity index (χ3n) is 10.8. The Balaban J connectivity index is 1.27. The number of hydrogen-bond acceptors (Lipinski definition) is 2. The molecule has 8 atom stereocenters. The summed E-state index contributed by atoms with van der Waals surface area (Å²) in [6.07, 6.45) is 9.55. The number of rotatable bonds is 4. The predicted molar refractivity (Wildman–Crippen MR) is 132 cm³/mol. The molecule has 4 heteroatoms. The van der Waals surface area contributed by atoms with Gasteiger partial charge in [0.1, 0.15) is 0 Å². The van der Waals surface area contributed by atoms with Crippen LogP contribution in [0.5, 0.6) is 0 Å². The van der Waals surface area contributed by atoms with E-state index < -0.39 is 0 Å². The average Bonchev–Trinajstić information content (AvgIpc) is 3.13. The van der Waals surface area contributed by atoms with Crippen molar-refractivity contribution in [1.29, 1.82) is 0 Å². The number of nitrogens with zero attached hydrogens (tertiary/aromatic N) is 1. The van der Waals surface area contributed by atoms with Crippen LogP contribution in [0, 0.1) is 28.6 Å². The first kappa shape index (κ1) is 22.9. The lowest BCUT2D eigenvalue weighted by Gasteiger charge is -2.61. The third kappa shape index (κ3) is 3.72. The number of carbonyl (C=O) groups is 2. The summed E-state index contributed by atoms with van der Waals surface area (Å²) in [5.41, 5.74) is 1.72. The molecule has 33 heavy (non-hydrogen) atoms. The Labute approximate surface area is 199 Å². The molecule has 1 aliphatic heterocycles. The standard InChI is InChI=1S/C29H42N2O2/c1-19(20-8-6-5-7-9-20)18-26(32)30-24-12-11-22-21-10-13-25-29(3,17-15-27(33)31(25)4)23(21)14-16-28(22,24)2/h5-9,19,21-25H,10-18H2,1-4H3,(H,30,32)/t19?,21-,22-,23-,24?,25+,28-,29+/m0/s1. The molecule has 4 nitrogen and oxygen atoms in total. The second-order valence-electron chi connectivity index (χ2n) is 12.2. The van der Waals surface area contributed by atoms with Gasteiger partial charge in [-0.05, 0) is 85.0 Å². The second kappa shape index (κ2) is 8.43. The van der Waals surface area contributed by atoms with Gasteiger partial charge in [0.15, 0.2) is 0 Å². The summed E-state index contributed by atoms with van der Waals surface area (Å²) in [6, 6.07) is 11.1. The van der Waals surface area contributed by atoms with Crippen molar-refractivity contribution in [3.8, 4) is 0 Å². The van der Waals surface area contributed by atoms with E-state index >= 15 is 0 Å². The Morgan fingerprint density at radius 2 is 1.76 bits per heavy atom. The molecule has 180 valence electrons. The van der Waals surface area contributed by atoms with Crippen molar-refractivity contribution in [2.75, 3.05) is 7.05 Å². The fourth-order valence-electron chi connectivity index (χ4n) is 8.82. The number of fused-ring (bicyclic) bond motifs is 5. The lowest BCUT2D eigenvalue weighted by atomic mass is 9.47. The van der Waals surface area contributed by atoms with Gasteiger partial charge < -0.3 is 10.2 Å². The van der Waals surface area contributed by atoms with Crippen molar-refractivity contribution in [3.05, 3.63) is 35.9 Å². The molecule has 0 spiro atoms. The number of benzene rings is 1. The maximum absolute atomic E-state index is 13.0. The highest BCUT2D eigenvalue weighted by Crippen LogP contribution is 2.64. The number of nitrogens with one attached hydrogen (secondary N) is 1. The van der Waals surface area contributed by atoms with Crippen molar-refractivity contribution >= 4 is 11.8 Å². The molecule has 1 aromatic rings. The molecular weight excluding hydrogens is 408 g/mol. The van der Waals surface area contributed by atoms with E-state index in [0.717, 1.165) is 31.1 Å². The van der Waals surface area contributed by atoms with Crippen LogP contribution >= 0.6 is 0 Å². The SMILES string of the molecule is CC(CC(=O)NC1CC[C@H]2[C@@H]3CC[C@H]4N(C)C(=O)CC[C@]4(C)[C@H]3CC[C@]12C)c1ccccc1. The zero-order valence-electron chi connectivity index (χ0n) is 21.0. The Morgan fingerprint density at radius 3 is 2.52 bits per heavy atom. The van der Waals surface area contributed by atoms with Gasteiger partial charge in [-0.1, -0.05) is 51.1 Å². The van der Waals surface area contributed by atoms with Crippen molar-refractivity contribution in [3.63, 3.8) is 0 Å². The van der Waals surface area contributed by atoms with Crippen LogP contribution in [-0.2, 0) is 9.59 Å². The lowest BCUT2D eigenvalue weighted by Crippen LogP contribution is -2.62. The molecule has 3 aliphatic carbocycles. The first-order valence-corrected chi connectivity index (χ1v) is 13.3. The topological polar surface area (TPSA) is 49.4 Å². The van der Waals surface area contributed by atoms with Crippen LogP contribution in [0.3, 0.4) is 0 Å². The summed E-state index contributed by atoms with van der Waals surface area (Å²) in [7, 11) is 2.04. The van der Waals surface area contributed by atoms with Crippen molar-refractivity contribution in [2.45, 2.75) is 96.6 Å². The summed E-state index contributed by atoms with van der Waals surface area (Å²) in [6.45, 7) is 7.11. The monoisotopic (exact) mass is 450 g/mol. The molecule has 1 aromatic carbocycles. The van der Waals surface area contributed by atoms with Gasteiger partial charge >= 0.3 is 0 Å². The highest BCUT2D eigenvalue weighted by Gasteiger charge is 2.61. The van der Waals surface area contributed by atoms with Crippen LogP contribution in [0.25, 0.3) is 0 Å². The average molecular weight is 451 g/mol.